The van der Waals surface area contributed by atoms with Gasteiger partial charge in [0, 0.05) is 12.4 Å². The molecule has 0 bridgehead atoms. The fraction of sp³-hybridized carbons (Fsp3) is 0.571. The molecule has 0 aliphatic rings. The van der Waals surface area contributed by atoms with Crippen molar-refractivity contribution in [3.63, 3.8) is 0 Å². The highest BCUT2D eigenvalue weighted by molar-refractivity contribution is 9.09. The Morgan fingerprint density at radius 2 is 2.12 bits per heavy atom. The Morgan fingerprint density at radius 3 is 2.69 bits per heavy atom. The quantitative estimate of drug-likeness (QED) is 0.718. The van der Waals surface area contributed by atoms with Gasteiger partial charge in [-0.15, -0.1) is 0 Å². The molecule has 0 saturated heterocycles. The summed E-state index contributed by atoms with van der Waals surface area (Å²) in [6, 6.07) is 8.76. The highest BCUT2D eigenvalue weighted by atomic mass is 79.9. The van der Waals surface area contributed by atoms with Crippen molar-refractivity contribution >= 4 is 15.9 Å². The second kappa shape index (κ2) is 7.08. The molecule has 0 N–H and O–H groups in total. The van der Waals surface area contributed by atoms with Gasteiger partial charge in [-0.25, -0.2) is 0 Å². The molecule has 0 aliphatic carbocycles. The van der Waals surface area contributed by atoms with Crippen molar-refractivity contribution in [1.29, 1.82) is 0 Å². The Hall–Kier alpha value is -0.340. The van der Waals surface area contributed by atoms with Crippen LogP contribution >= 0.6 is 15.9 Å². The topological polar surface area (TPSA) is 9.23 Å². The lowest BCUT2D eigenvalue weighted by Gasteiger charge is -2.18. The molecular formula is C14H21BrO. The first-order chi connectivity index (χ1) is 7.65. The molecule has 0 saturated carbocycles. The normalized spacial score (nSPS) is 14.8. The summed E-state index contributed by atoms with van der Waals surface area (Å²) in [5.41, 5.74) is 2.76. The van der Waals surface area contributed by atoms with Crippen molar-refractivity contribution < 1.29 is 4.74 Å². The van der Waals surface area contributed by atoms with E-state index in [1.807, 2.05) is 0 Å². The molecular weight excluding hydrogens is 264 g/mol. The molecule has 0 heterocycles. The number of rotatable bonds is 6. The van der Waals surface area contributed by atoms with E-state index < -0.39 is 0 Å². The first-order valence-corrected chi connectivity index (χ1v) is 6.92. The predicted molar refractivity (Wildman–Crippen MR) is 73.3 cm³/mol. The van der Waals surface area contributed by atoms with Crippen LogP contribution in [-0.2, 0) is 11.2 Å². The van der Waals surface area contributed by atoms with Crippen LogP contribution in [0, 0.1) is 12.8 Å². The van der Waals surface area contributed by atoms with Gasteiger partial charge in [0.15, 0.2) is 0 Å². The predicted octanol–water partition coefficient (Wildman–Crippen LogP) is 3.97. The van der Waals surface area contributed by atoms with E-state index in [1.165, 1.54) is 11.1 Å². The third-order valence-electron chi connectivity index (χ3n) is 2.89. The number of alkyl halides is 1. The zero-order chi connectivity index (χ0) is 12.0. The number of ether oxygens (including phenoxy) is 1. The number of halogens is 1. The SMILES string of the molecule is COC(C)CC(CBr)Cc1cccc(C)c1. The molecule has 2 heteroatoms. The van der Waals surface area contributed by atoms with Gasteiger partial charge in [-0.1, -0.05) is 45.8 Å². The summed E-state index contributed by atoms with van der Waals surface area (Å²) in [7, 11) is 1.78. The lowest BCUT2D eigenvalue weighted by molar-refractivity contribution is 0.0981. The molecule has 0 aliphatic heterocycles. The van der Waals surface area contributed by atoms with Crippen LogP contribution in [0.25, 0.3) is 0 Å². The van der Waals surface area contributed by atoms with E-state index in [9.17, 15) is 0 Å². The molecule has 0 radical (unpaired) electrons. The molecule has 0 spiro atoms. The fourth-order valence-corrected chi connectivity index (χ4v) is 2.43. The van der Waals surface area contributed by atoms with Crippen LogP contribution in [-0.4, -0.2) is 18.5 Å². The summed E-state index contributed by atoms with van der Waals surface area (Å²) in [6.45, 7) is 4.27. The van der Waals surface area contributed by atoms with Crippen LogP contribution in [0.3, 0.4) is 0 Å². The van der Waals surface area contributed by atoms with Gasteiger partial charge in [-0.05, 0) is 38.2 Å². The van der Waals surface area contributed by atoms with E-state index in [4.69, 9.17) is 4.74 Å². The third-order valence-corrected chi connectivity index (χ3v) is 3.81. The van der Waals surface area contributed by atoms with Gasteiger partial charge in [-0.3, -0.25) is 0 Å². The van der Waals surface area contributed by atoms with Gasteiger partial charge in [0.25, 0.3) is 0 Å². The van der Waals surface area contributed by atoms with Crippen LogP contribution in [0.1, 0.15) is 24.5 Å². The van der Waals surface area contributed by atoms with E-state index in [1.54, 1.807) is 7.11 Å². The lowest BCUT2D eigenvalue weighted by atomic mass is 9.95. The van der Waals surface area contributed by atoms with Gasteiger partial charge in [0.2, 0.25) is 0 Å². The van der Waals surface area contributed by atoms with Crippen molar-refractivity contribution in [3.05, 3.63) is 35.4 Å². The molecule has 0 amide bonds. The maximum atomic E-state index is 5.32. The number of methoxy groups -OCH3 is 1. The second-order valence-corrected chi connectivity index (χ2v) is 5.14. The summed E-state index contributed by atoms with van der Waals surface area (Å²) < 4.78 is 5.32. The molecule has 1 aromatic carbocycles. The zero-order valence-electron chi connectivity index (χ0n) is 10.4. The van der Waals surface area contributed by atoms with E-state index in [0.29, 0.717) is 12.0 Å². The number of benzene rings is 1. The maximum Gasteiger partial charge on any atom is 0.0546 e. The number of aryl methyl sites for hydroxylation is 1. The molecule has 90 valence electrons. The Labute approximate surface area is 107 Å². The Balaban J connectivity index is 2.56. The summed E-state index contributed by atoms with van der Waals surface area (Å²) in [5.74, 6) is 0.650. The first-order valence-electron chi connectivity index (χ1n) is 5.80. The molecule has 1 aromatic rings. The second-order valence-electron chi connectivity index (χ2n) is 4.50. The van der Waals surface area contributed by atoms with Crippen molar-refractivity contribution in [3.8, 4) is 0 Å². The molecule has 16 heavy (non-hydrogen) atoms. The number of hydrogen-bond donors (Lipinski definition) is 0. The molecule has 0 aromatic heterocycles. The average molecular weight is 285 g/mol. The van der Waals surface area contributed by atoms with E-state index in [-0.39, 0.29) is 0 Å². The molecule has 2 unspecified atom stereocenters. The van der Waals surface area contributed by atoms with Gasteiger partial charge < -0.3 is 4.74 Å². The first kappa shape index (κ1) is 13.7. The minimum absolute atomic E-state index is 0.340. The Kier molecular flexibility index (Phi) is 6.07. The number of hydrogen-bond acceptors (Lipinski definition) is 1. The molecule has 0 fully saturated rings. The van der Waals surface area contributed by atoms with Gasteiger partial charge in [-0.2, -0.15) is 0 Å². The summed E-state index contributed by atoms with van der Waals surface area (Å²) in [5, 5.41) is 1.04. The van der Waals surface area contributed by atoms with Crippen LogP contribution in [0.4, 0.5) is 0 Å². The monoisotopic (exact) mass is 284 g/mol. The standard InChI is InChI=1S/C14H21BrO/c1-11-5-4-6-13(7-11)9-14(10-15)8-12(2)16-3/h4-7,12,14H,8-10H2,1-3H3. The third kappa shape index (κ3) is 4.67. The van der Waals surface area contributed by atoms with Gasteiger partial charge in [0.05, 0.1) is 6.10 Å². The molecule has 1 rings (SSSR count). The van der Waals surface area contributed by atoms with Crippen molar-refractivity contribution in [2.45, 2.75) is 32.8 Å². The summed E-state index contributed by atoms with van der Waals surface area (Å²) in [6.07, 6.45) is 2.57. The van der Waals surface area contributed by atoms with Crippen molar-refractivity contribution in [2.75, 3.05) is 12.4 Å². The zero-order valence-corrected chi connectivity index (χ0v) is 12.0. The van der Waals surface area contributed by atoms with Gasteiger partial charge >= 0.3 is 0 Å². The van der Waals surface area contributed by atoms with Crippen molar-refractivity contribution in [1.82, 2.24) is 0 Å². The van der Waals surface area contributed by atoms with E-state index >= 15 is 0 Å². The van der Waals surface area contributed by atoms with Crippen molar-refractivity contribution in [2.24, 2.45) is 5.92 Å². The minimum Gasteiger partial charge on any atom is -0.382 e. The summed E-state index contributed by atoms with van der Waals surface area (Å²) in [4.78, 5) is 0. The minimum atomic E-state index is 0.340. The van der Waals surface area contributed by atoms with Gasteiger partial charge in [0.1, 0.15) is 0 Å². The van der Waals surface area contributed by atoms with Crippen LogP contribution in [0.5, 0.6) is 0 Å². The lowest BCUT2D eigenvalue weighted by Crippen LogP contribution is -2.15. The van der Waals surface area contributed by atoms with Crippen LogP contribution < -0.4 is 0 Å². The van der Waals surface area contributed by atoms with E-state index in [2.05, 4.69) is 54.0 Å². The maximum absolute atomic E-state index is 5.32. The molecule has 1 nitrogen and oxygen atoms in total. The fourth-order valence-electron chi connectivity index (χ4n) is 1.94. The Bertz CT molecular complexity index is 311. The average Bonchev–Trinajstić information content (AvgIpc) is 2.28. The summed E-state index contributed by atoms with van der Waals surface area (Å²) >= 11 is 3.59. The van der Waals surface area contributed by atoms with Crippen LogP contribution in [0.15, 0.2) is 24.3 Å². The smallest absolute Gasteiger partial charge is 0.0546 e. The molecule has 2 atom stereocenters. The van der Waals surface area contributed by atoms with Crippen LogP contribution in [0.2, 0.25) is 0 Å². The van der Waals surface area contributed by atoms with E-state index in [0.717, 1.165) is 18.2 Å². The Morgan fingerprint density at radius 1 is 1.38 bits per heavy atom. The highest BCUT2D eigenvalue weighted by Gasteiger charge is 2.12. The largest absolute Gasteiger partial charge is 0.382 e. The highest BCUT2D eigenvalue weighted by Crippen LogP contribution is 2.18.